The van der Waals surface area contributed by atoms with Gasteiger partial charge in [0.25, 0.3) is 5.91 Å². The highest BCUT2D eigenvalue weighted by Crippen LogP contribution is 2.19. The van der Waals surface area contributed by atoms with Gasteiger partial charge in [-0.15, -0.1) is 0 Å². The quantitative estimate of drug-likeness (QED) is 0.812. The van der Waals surface area contributed by atoms with Crippen LogP contribution in [0.25, 0.3) is 0 Å². The summed E-state index contributed by atoms with van der Waals surface area (Å²) in [7, 11) is 0. The third-order valence-electron chi connectivity index (χ3n) is 3.55. The van der Waals surface area contributed by atoms with Crippen molar-refractivity contribution in [1.29, 1.82) is 0 Å². The zero-order valence-corrected chi connectivity index (χ0v) is 13.4. The van der Waals surface area contributed by atoms with E-state index < -0.39 is 5.91 Å². The number of anilines is 1. The normalized spacial score (nSPS) is 10.2. The zero-order chi connectivity index (χ0) is 17.0. The first-order chi connectivity index (χ1) is 10.9. The minimum Gasteiger partial charge on any atom is -0.507 e. The van der Waals surface area contributed by atoms with Gasteiger partial charge in [-0.25, -0.2) is 0 Å². The lowest BCUT2D eigenvalue weighted by molar-refractivity contribution is -0.115. The van der Waals surface area contributed by atoms with Crippen LogP contribution in [0.15, 0.2) is 36.4 Å². The maximum Gasteiger partial charge on any atom is 0.255 e. The van der Waals surface area contributed by atoms with Gasteiger partial charge in [-0.2, -0.15) is 0 Å². The van der Waals surface area contributed by atoms with Crippen LogP contribution in [-0.2, 0) is 4.79 Å². The second-order valence-corrected chi connectivity index (χ2v) is 5.52. The van der Waals surface area contributed by atoms with E-state index in [1.54, 1.807) is 12.1 Å². The van der Waals surface area contributed by atoms with Crippen molar-refractivity contribution < 1.29 is 14.7 Å². The molecule has 0 aliphatic carbocycles. The number of amides is 2. The average molecular weight is 312 g/mol. The van der Waals surface area contributed by atoms with Gasteiger partial charge in [-0.1, -0.05) is 29.8 Å². The summed E-state index contributed by atoms with van der Waals surface area (Å²) in [6, 6.07) is 10.5. The van der Waals surface area contributed by atoms with E-state index in [-0.39, 0.29) is 23.8 Å². The summed E-state index contributed by atoms with van der Waals surface area (Å²) in [6.07, 6.45) is 0. The first-order valence-electron chi connectivity index (χ1n) is 7.32. The Hall–Kier alpha value is -2.82. The fraction of sp³-hybridized carbons (Fsp3) is 0.222. The van der Waals surface area contributed by atoms with Crippen molar-refractivity contribution in [2.45, 2.75) is 20.8 Å². The molecule has 0 aromatic heterocycles. The summed E-state index contributed by atoms with van der Waals surface area (Å²) in [6.45, 7) is 5.47. The van der Waals surface area contributed by atoms with E-state index in [1.807, 2.05) is 39.0 Å². The maximum absolute atomic E-state index is 12.1. The van der Waals surface area contributed by atoms with Crippen LogP contribution in [-0.4, -0.2) is 23.5 Å². The molecule has 0 atom stereocenters. The summed E-state index contributed by atoms with van der Waals surface area (Å²) in [5, 5.41) is 15.0. The lowest BCUT2D eigenvalue weighted by Gasteiger charge is -2.12. The topological polar surface area (TPSA) is 78.4 Å². The van der Waals surface area contributed by atoms with Crippen molar-refractivity contribution in [2.24, 2.45) is 0 Å². The Morgan fingerprint density at radius 3 is 2.35 bits per heavy atom. The minimum absolute atomic E-state index is 0.108. The van der Waals surface area contributed by atoms with Gasteiger partial charge in [0.1, 0.15) is 5.75 Å². The number of nitrogens with one attached hydrogen (secondary N) is 2. The number of carbonyl (C=O) groups excluding carboxylic acids is 2. The van der Waals surface area contributed by atoms with Crippen LogP contribution in [0, 0.1) is 20.8 Å². The standard InChI is InChI=1S/C18H20N2O3/c1-11-7-8-15(21)14(9-11)18(23)19-10-16(22)20-17-12(2)5-4-6-13(17)3/h4-9,21H,10H2,1-3H3,(H,19,23)(H,20,22). The molecule has 2 rings (SSSR count). The summed E-state index contributed by atoms with van der Waals surface area (Å²) in [5.74, 6) is -0.908. The average Bonchev–Trinajstić information content (AvgIpc) is 2.51. The number of phenols is 1. The zero-order valence-electron chi connectivity index (χ0n) is 13.4. The first-order valence-corrected chi connectivity index (χ1v) is 7.32. The van der Waals surface area contributed by atoms with E-state index in [9.17, 15) is 14.7 Å². The molecule has 2 amide bonds. The molecule has 0 heterocycles. The summed E-state index contributed by atoms with van der Waals surface area (Å²) in [4.78, 5) is 24.1. The number of carbonyl (C=O) groups is 2. The van der Waals surface area contributed by atoms with Crippen molar-refractivity contribution >= 4 is 17.5 Å². The molecule has 0 radical (unpaired) electrons. The van der Waals surface area contributed by atoms with Crippen LogP contribution in [0.3, 0.4) is 0 Å². The predicted octanol–water partition coefficient (Wildman–Crippen LogP) is 2.69. The van der Waals surface area contributed by atoms with Crippen LogP contribution < -0.4 is 10.6 Å². The van der Waals surface area contributed by atoms with Gasteiger partial charge in [0.15, 0.2) is 0 Å². The van der Waals surface area contributed by atoms with Crippen molar-refractivity contribution in [3.8, 4) is 5.75 Å². The third-order valence-corrected chi connectivity index (χ3v) is 3.55. The lowest BCUT2D eigenvalue weighted by atomic mass is 10.1. The van der Waals surface area contributed by atoms with Gasteiger partial charge in [0.2, 0.25) is 5.91 Å². The molecule has 5 heteroatoms. The van der Waals surface area contributed by atoms with Gasteiger partial charge >= 0.3 is 0 Å². The molecule has 2 aromatic rings. The Balaban J connectivity index is 1.99. The highest BCUT2D eigenvalue weighted by atomic mass is 16.3. The number of hydrogen-bond acceptors (Lipinski definition) is 3. The molecular weight excluding hydrogens is 292 g/mol. The fourth-order valence-electron chi connectivity index (χ4n) is 2.28. The highest BCUT2D eigenvalue weighted by molar-refractivity contribution is 6.01. The van der Waals surface area contributed by atoms with E-state index in [4.69, 9.17) is 0 Å². The Kier molecular flexibility index (Phi) is 5.01. The van der Waals surface area contributed by atoms with Gasteiger partial charge in [-0.3, -0.25) is 9.59 Å². The van der Waals surface area contributed by atoms with Crippen LogP contribution in [0.4, 0.5) is 5.69 Å². The summed E-state index contributed by atoms with van der Waals surface area (Å²) >= 11 is 0. The van der Waals surface area contributed by atoms with Crippen molar-refractivity contribution in [3.05, 3.63) is 58.7 Å². The van der Waals surface area contributed by atoms with E-state index in [2.05, 4.69) is 10.6 Å². The molecule has 0 aliphatic heterocycles. The number of benzene rings is 2. The molecule has 0 saturated heterocycles. The molecule has 0 spiro atoms. The molecule has 3 N–H and O–H groups in total. The number of phenolic OH excluding ortho intramolecular Hbond substituents is 1. The number of hydrogen-bond donors (Lipinski definition) is 3. The SMILES string of the molecule is Cc1ccc(O)c(C(=O)NCC(=O)Nc2c(C)cccc2C)c1. The molecule has 120 valence electrons. The van der Waals surface area contributed by atoms with E-state index >= 15 is 0 Å². The van der Waals surface area contributed by atoms with Crippen LogP contribution in [0.1, 0.15) is 27.0 Å². The van der Waals surface area contributed by atoms with Crippen LogP contribution in [0.5, 0.6) is 5.75 Å². The monoisotopic (exact) mass is 312 g/mol. The first kappa shape index (κ1) is 16.5. The molecule has 0 aliphatic rings. The maximum atomic E-state index is 12.1. The van der Waals surface area contributed by atoms with Crippen molar-refractivity contribution in [2.75, 3.05) is 11.9 Å². The highest BCUT2D eigenvalue weighted by Gasteiger charge is 2.13. The molecular formula is C18H20N2O3. The number of rotatable bonds is 4. The van der Waals surface area contributed by atoms with E-state index in [0.29, 0.717) is 0 Å². The number of aryl methyl sites for hydroxylation is 3. The van der Waals surface area contributed by atoms with E-state index in [1.165, 1.54) is 6.07 Å². The third kappa shape index (κ3) is 4.10. The molecule has 23 heavy (non-hydrogen) atoms. The van der Waals surface area contributed by atoms with Crippen molar-refractivity contribution in [1.82, 2.24) is 5.32 Å². The van der Waals surface area contributed by atoms with Crippen molar-refractivity contribution in [3.63, 3.8) is 0 Å². The number of para-hydroxylation sites is 1. The Morgan fingerprint density at radius 2 is 1.70 bits per heavy atom. The Bertz CT molecular complexity index is 734. The second-order valence-electron chi connectivity index (χ2n) is 5.52. The summed E-state index contributed by atoms with van der Waals surface area (Å²) < 4.78 is 0. The van der Waals surface area contributed by atoms with Crippen LogP contribution >= 0.6 is 0 Å². The molecule has 0 saturated carbocycles. The van der Waals surface area contributed by atoms with Gasteiger partial charge in [0, 0.05) is 5.69 Å². The molecule has 2 aromatic carbocycles. The van der Waals surface area contributed by atoms with Gasteiger partial charge in [0.05, 0.1) is 12.1 Å². The molecule has 0 bridgehead atoms. The predicted molar refractivity (Wildman–Crippen MR) is 89.7 cm³/mol. The molecule has 0 unspecified atom stereocenters. The smallest absolute Gasteiger partial charge is 0.255 e. The van der Waals surface area contributed by atoms with Gasteiger partial charge < -0.3 is 15.7 Å². The lowest BCUT2D eigenvalue weighted by Crippen LogP contribution is -2.33. The minimum atomic E-state index is -0.483. The second kappa shape index (κ2) is 6.96. The van der Waals surface area contributed by atoms with Gasteiger partial charge in [-0.05, 0) is 44.0 Å². The molecule has 0 fully saturated rings. The Morgan fingerprint density at radius 1 is 1.04 bits per heavy atom. The molecule has 5 nitrogen and oxygen atoms in total. The number of aromatic hydroxyl groups is 1. The summed E-state index contributed by atoms with van der Waals surface area (Å²) in [5.41, 5.74) is 3.69. The fourth-order valence-corrected chi connectivity index (χ4v) is 2.28. The van der Waals surface area contributed by atoms with Crippen LogP contribution in [0.2, 0.25) is 0 Å². The van der Waals surface area contributed by atoms with E-state index in [0.717, 1.165) is 22.4 Å². The Labute approximate surface area is 135 Å². The largest absolute Gasteiger partial charge is 0.507 e.